The van der Waals surface area contributed by atoms with Gasteiger partial charge < -0.3 is 0 Å². The van der Waals surface area contributed by atoms with E-state index < -0.39 is 10.8 Å². The fraction of sp³-hybridized carbons (Fsp3) is 0.400. The van der Waals surface area contributed by atoms with Crippen molar-refractivity contribution in [3.63, 3.8) is 0 Å². The molecule has 1 heterocycles. The van der Waals surface area contributed by atoms with Gasteiger partial charge in [-0.05, 0) is 12.0 Å². The average molecular weight is 238 g/mol. The number of hydrogen-bond donors (Lipinski definition) is 0. The number of rotatable bonds is 4. The van der Waals surface area contributed by atoms with Crippen LogP contribution >= 0.6 is 11.3 Å². The lowest BCUT2D eigenvalue weighted by Crippen LogP contribution is -2.17. The van der Waals surface area contributed by atoms with Crippen LogP contribution in [-0.2, 0) is 0 Å². The van der Waals surface area contributed by atoms with E-state index in [1.807, 2.05) is 6.07 Å². The van der Waals surface area contributed by atoms with Crippen molar-refractivity contribution in [2.75, 3.05) is 0 Å². The number of nitrogens with zero attached hydrogens (tertiary/aromatic N) is 2. The molecule has 84 valence electrons. The molecule has 0 bridgehead atoms. The first-order chi connectivity index (χ1) is 7.47. The Morgan fingerprint density at radius 1 is 1.56 bits per heavy atom. The van der Waals surface area contributed by atoms with Crippen molar-refractivity contribution in [1.29, 1.82) is 5.26 Å². The van der Waals surface area contributed by atoms with Gasteiger partial charge in [0.2, 0.25) is 0 Å². The van der Waals surface area contributed by atoms with Crippen molar-refractivity contribution in [1.82, 2.24) is 0 Å². The van der Waals surface area contributed by atoms with E-state index in [9.17, 15) is 14.9 Å². The summed E-state index contributed by atoms with van der Waals surface area (Å²) in [6, 6.07) is 4.61. The molecule has 0 aromatic carbocycles. The smallest absolute Gasteiger partial charge is 0.292 e. The Morgan fingerprint density at radius 2 is 2.19 bits per heavy atom. The van der Waals surface area contributed by atoms with Crippen LogP contribution < -0.4 is 0 Å². The maximum Gasteiger partial charge on any atom is 0.324 e. The zero-order valence-corrected chi connectivity index (χ0v) is 9.65. The standard InChI is InChI=1S/C10H10N2O3S/c1-6(2)7(5-11)10(13)8-3-4-9(16-8)12(14)15/h3-4,6-7H,1-2H3. The second-order valence-corrected chi connectivity index (χ2v) is 4.67. The third-order valence-electron chi connectivity index (χ3n) is 2.10. The van der Waals surface area contributed by atoms with Gasteiger partial charge in [-0.1, -0.05) is 25.2 Å². The molecule has 5 nitrogen and oxygen atoms in total. The van der Waals surface area contributed by atoms with E-state index in [4.69, 9.17) is 5.26 Å². The zero-order valence-electron chi connectivity index (χ0n) is 8.84. The quantitative estimate of drug-likeness (QED) is 0.458. The van der Waals surface area contributed by atoms with Gasteiger partial charge in [-0.2, -0.15) is 5.26 Å². The summed E-state index contributed by atoms with van der Waals surface area (Å²) in [6.45, 7) is 3.54. The molecule has 16 heavy (non-hydrogen) atoms. The van der Waals surface area contributed by atoms with Crippen LogP contribution in [0.2, 0.25) is 0 Å². The predicted molar refractivity (Wildman–Crippen MR) is 59.2 cm³/mol. The van der Waals surface area contributed by atoms with Crippen molar-refractivity contribution in [2.24, 2.45) is 11.8 Å². The molecule has 1 aromatic rings. The predicted octanol–water partition coefficient (Wildman–Crippen LogP) is 2.63. The molecule has 0 radical (unpaired) electrons. The molecule has 0 aliphatic rings. The van der Waals surface area contributed by atoms with E-state index in [0.717, 1.165) is 11.3 Å². The molecule has 0 saturated heterocycles. The van der Waals surface area contributed by atoms with Gasteiger partial charge >= 0.3 is 5.00 Å². The fourth-order valence-corrected chi connectivity index (χ4v) is 2.02. The summed E-state index contributed by atoms with van der Waals surface area (Å²) in [5, 5.41) is 19.2. The first-order valence-corrected chi connectivity index (χ1v) is 5.47. The van der Waals surface area contributed by atoms with Gasteiger partial charge in [0.15, 0.2) is 5.78 Å². The lowest BCUT2D eigenvalue weighted by molar-refractivity contribution is -0.380. The Hall–Kier alpha value is -1.74. The summed E-state index contributed by atoms with van der Waals surface area (Å²) in [7, 11) is 0. The minimum Gasteiger partial charge on any atom is -0.292 e. The van der Waals surface area contributed by atoms with Crippen LogP contribution in [0.25, 0.3) is 0 Å². The number of hydrogen-bond acceptors (Lipinski definition) is 5. The molecule has 0 saturated carbocycles. The van der Waals surface area contributed by atoms with E-state index in [0.29, 0.717) is 0 Å². The van der Waals surface area contributed by atoms with Crippen molar-refractivity contribution in [3.05, 3.63) is 27.1 Å². The summed E-state index contributed by atoms with van der Waals surface area (Å²) in [5.41, 5.74) is 0. The van der Waals surface area contributed by atoms with Crippen LogP contribution in [0.3, 0.4) is 0 Å². The number of carbonyl (C=O) groups is 1. The normalized spacial score (nSPS) is 12.1. The first kappa shape index (κ1) is 12.3. The third-order valence-corrected chi connectivity index (χ3v) is 3.15. The Labute approximate surface area is 96.5 Å². The minimum atomic E-state index is -0.738. The summed E-state index contributed by atoms with van der Waals surface area (Å²) in [4.78, 5) is 22.0. The Morgan fingerprint density at radius 3 is 2.56 bits per heavy atom. The van der Waals surface area contributed by atoms with E-state index in [1.165, 1.54) is 12.1 Å². The number of Topliss-reactive ketones (excluding diaryl/α,β-unsaturated/α-hetero) is 1. The lowest BCUT2D eigenvalue weighted by Gasteiger charge is -2.09. The molecule has 1 unspecified atom stereocenters. The third kappa shape index (κ3) is 2.44. The molecule has 1 rings (SSSR count). The fourth-order valence-electron chi connectivity index (χ4n) is 1.22. The second kappa shape index (κ2) is 4.86. The SMILES string of the molecule is CC(C)C(C#N)C(=O)c1ccc([N+](=O)[O-])s1. The van der Waals surface area contributed by atoms with Crippen molar-refractivity contribution in [3.8, 4) is 6.07 Å². The van der Waals surface area contributed by atoms with E-state index in [2.05, 4.69) is 0 Å². The summed E-state index contributed by atoms with van der Waals surface area (Å²) in [6.07, 6.45) is 0. The molecule has 6 heteroatoms. The molecule has 0 amide bonds. The molecule has 1 aromatic heterocycles. The summed E-state index contributed by atoms with van der Waals surface area (Å²) < 4.78 is 0. The number of ketones is 1. The first-order valence-electron chi connectivity index (χ1n) is 4.65. The summed E-state index contributed by atoms with van der Waals surface area (Å²) >= 11 is 0.810. The van der Waals surface area contributed by atoms with E-state index >= 15 is 0 Å². The lowest BCUT2D eigenvalue weighted by atomic mass is 9.92. The second-order valence-electron chi connectivity index (χ2n) is 3.61. The van der Waals surface area contributed by atoms with Gasteiger partial charge in [0.1, 0.15) is 5.92 Å². The molecule has 1 atom stereocenters. The molecule has 0 aliphatic heterocycles. The molecule has 0 aliphatic carbocycles. The molecule has 0 N–H and O–H groups in total. The number of nitro groups is 1. The minimum absolute atomic E-state index is 0.0798. The average Bonchev–Trinajstić information content (AvgIpc) is 2.66. The largest absolute Gasteiger partial charge is 0.324 e. The van der Waals surface area contributed by atoms with Crippen LogP contribution in [0.15, 0.2) is 12.1 Å². The van der Waals surface area contributed by atoms with Crippen LogP contribution in [0, 0.1) is 33.3 Å². The van der Waals surface area contributed by atoms with Crippen LogP contribution in [-0.4, -0.2) is 10.7 Å². The highest BCUT2D eigenvalue weighted by Crippen LogP contribution is 2.27. The van der Waals surface area contributed by atoms with Gasteiger partial charge in [-0.25, -0.2) is 0 Å². The number of carbonyl (C=O) groups excluding carboxylic acids is 1. The maximum atomic E-state index is 11.8. The van der Waals surface area contributed by atoms with Gasteiger partial charge in [-0.3, -0.25) is 14.9 Å². The Bertz CT molecular complexity index is 459. The van der Waals surface area contributed by atoms with Crippen LogP contribution in [0.1, 0.15) is 23.5 Å². The molecule has 0 spiro atoms. The van der Waals surface area contributed by atoms with Crippen molar-refractivity contribution >= 4 is 22.1 Å². The topological polar surface area (TPSA) is 84.0 Å². The highest BCUT2D eigenvalue weighted by Gasteiger charge is 2.25. The highest BCUT2D eigenvalue weighted by molar-refractivity contribution is 7.17. The molecule has 0 fully saturated rings. The van der Waals surface area contributed by atoms with Gasteiger partial charge in [0.25, 0.3) is 0 Å². The van der Waals surface area contributed by atoms with E-state index in [1.54, 1.807) is 13.8 Å². The van der Waals surface area contributed by atoms with Crippen molar-refractivity contribution < 1.29 is 9.72 Å². The van der Waals surface area contributed by atoms with Gasteiger partial charge in [-0.15, -0.1) is 0 Å². The summed E-state index contributed by atoms with van der Waals surface area (Å²) in [5.74, 6) is -1.17. The Kier molecular flexibility index (Phi) is 3.74. The highest BCUT2D eigenvalue weighted by atomic mass is 32.1. The number of nitriles is 1. The van der Waals surface area contributed by atoms with Crippen LogP contribution in [0.5, 0.6) is 0 Å². The Balaban J connectivity index is 2.97. The zero-order chi connectivity index (χ0) is 12.3. The maximum absolute atomic E-state index is 11.8. The van der Waals surface area contributed by atoms with E-state index in [-0.39, 0.29) is 21.6 Å². The van der Waals surface area contributed by atoms with Crippen molar-refractivity contribution in [2.45, 2.75) is 13.8 Å². The molecular weight excluding hydrogens is 228 g/mol. The molecular formula is C10H10N2O3S. The van der Waals surface area contributed by atoms with Gasteiger partial charge in [0.05, 0.1) is 15.9 Å². The number of thiophene rings is 1. The van der Waals surface area contributed by atoms with Crippen LogP contribution in [0.4, 0.5) is 5.00 Å². The monoisotopic (exact) mass is 238 g/mol. The van der Waals surface area contributed by atoms with Gasteiger partial charge in [0, 0.05) is 6.07 Å².